The maximum absolute atomic E-state index is 15.4. The third-order valence-electron chi connectivity index (χ3n) is 6.59. The second-order valence-electron chi connectivity index (χ2n) is 9.59. The molecule has 1 heterocycles. The Labute approximate surface area is 228 Å². The lowest BCUT2D eigenvalue weighted by atomic mass is 9.96. The van der Waals surface area contributed by atoms with Gasteiger partial charge in [0.2, 0.25) is 5.91 Å². The third kappa shape index (κ3) is 5.98. The smallest absolute Gasteiger partial charge is 0.319 e. The predicted molar refractivity (Wildman–Crippen MR) is 146 cm³/mol. The number of rotatable bonds is 7. The highest BCUT2D eigenvalue weighted by Crippen LogP contribution is 2.41. The highest BCUT2D eigenvalue weighted by molar-refractivity contribution is 7.70. The van der Waals surface area contributed by atoms with Gasteiger partial charge in [-0.05, 0) is 49.2 Å². The van der Waals surface area contributed by atoms with Crippen molar-refractivity contribution >= 4 is 47.4 Å². The molecule has 0 saturated carbocycles. The van der Waals surface area contributed by atoms with Crippen molar-refractivity contribution in [3.05, 3.63) is 77.1 Å². The molecule has 3 amide bonds. The van der Waals surface area contributed by atoms with E-state index >= 15 is 8.78 Å². The molecule has 1 aliphatic heterocycles. The van der Waals surface area contributed by atoms with Crippen molar-refractivity contribution in [1.82, 2.24) is 5.32 Å². The van der Waals surface area contributed by atoms with Crippen molar-refractivity contribution in [2.24, 2.45) is 11.8 Å². The average molecular weight is 580 g/mol. The van der Waals surface area contributed by atoms with E-state index < -0.39 is 55.0 Å². The van der Waals surface area contributed by atoms with Crippen LogP contribution in [0.4, 0.5) is 29.3 Å². The van der Waals surface area contributed by atoms with E-state index in [-0.39, 0.29) is 35.1 Å². The number of nitrogens with one attached hydrogen (secondary N) is 2. The number of aliphatic hydroxyl groups excluding tert-OH is 1. The van der Waals surface area contributed by atoms with Gasteiger partial charge in [0.1, 0.15) is 13.0 Å². The molecule has 206 valence electrons. The maximum atomic E-state index is 15.4. The number of carbonyl (C=O) groups is 2. The van der Waals surface area contributed by atoms with Crippen LogP contribution in [-0.4, -0.2) is 50.1 Å². The normalized spacial score (nSPS) is 17.4. The summed E-state index contributed by atoms with van der Waals surface area (Å²) in [7, 11) is -2.81. The van der Waals surface area contributed by atoms with E-state index in [1.165, 1.54) is 37.6 Å². The Morgan fingerprint density at radius 1 is 1.08 bits per heavy atom. The van der Waals surface area contributed by atoms with Gasteiger partial charge in [0.15, 0.2) is 11.6 Å². The van der Waals surface area contributed by atoms with Crippen molar-refractivity contribution in [1.29, 1.82) is 0 Å². The van der Waals surface area contributed by atoms with Crippen LogP contribution in [0, 0.1) is 29.3 Å². The van der Waals surface area contributed by atoms with Gasteiger partial charge in [0, 0.05) is 41.5 Å². The van der Waals surface area contributed by atoms with Crippen LogP contribution < -0.4 is 20.8 Å². The van der Waals surface area contributed by atoms with E-state index in [0.717, 1.165) is 11.0 Å². The van der Waals surface area contributed by atoms with E-state index in [2.05, 4.69) is 10.6 Å². The minimum absolute atomic E-state index is 0.0922. The summed E-state index contributed by atoms with van der Waals surface area (Å²) in [4.78, 5) is 26.5. The molecule has 12 heteroatoms. The molecule has 1 fully saturated rings. The van der Waals surface area contributed by atoms with Crippen LogP contribution in [0.25, 0.3) is 11.1 Å². The molecule has 4 rings (SSSR count). The molecule has 3 aromatic carbocycles. The number of halogens is 4. The lowest BCUT2D eigenvalue weighted by Gasteiger charge is -2.20. The number of benzene rings is 3. The number of hydrogen-bond acceptors (Lipinski definition) is 4. The molecule has 1 unspecified atom stereocenters. The SMILES string of the molecule is CP(C)(=O)c1ccccc1-c1ccc(N2CC(CO)[C@@H](CNC(=O)Nc3ccc(Cl)cc3F)C2=O)c(F)c1F. The fourth-order valence-corrected chi connectivity index (χ4v) is 5.98. The van der Waals surface area contributed by atoms with Gasteiger partial charge in [-0.2, -0.15) is 0 Å². The molecular formula is C27H26ClF3N3O4P. The third-order valence-corrected chi connectivity index (χ3v) is 8.38. The molecular weight excluding hydrogens is 554 g/mol. The van der Waals surface area contributed by atoms with Crippen LogP contribution >= 0.6 is 18.7 Å². The Morgan fingerprint density at radius 3 is 2.46 bits per heavy atom. The second kappa shape index (κ2) is 11.4. The van der Waals surface area contributed by atoms with E-state index in [9.17, 15) is 23.7 Å². The molecule has 1 saturated heterocycles. The molecule has 0 spiro atoms. The Balaban J connectivity index is 1.53. The monoisotopic (exact) mass is 579 g/mol. The first-order valence-electron chi connectivity index (χ1n) is 12.0. The summed E-state index contributed by atoms with van der Waals surface area (Å²) in [6, 6.07) is 11.9. The van der Waals surface area contributed by atoms with E-state index in [0.29, 0.717) is 10.9 Å². The zero-order valence-electron chi connectivity index (χ0n) is 21.1. The topological polar surface area (TPSA) is 98.7 Å². The number of hydrogen-bond donors (Lipinski definition) is 3. The van der Waals surface area contributed by atoms with Crippen LogP contribution in [0.15, 0.2) is 54.6 Å². The van der Waals surface area contributed by atoms with Crippen LogP contribution in [0.3, 0.4) is 0 Å². The first-order valence-corrected chi connectivity index (χ1v) is 15.0. The van der Waals surface area contributed by atoms with E-state index in [4.69, 9.17) is 11.6 Å². The van der Waals surface area contributed by atoms with Gasteiger partial charge in [-0.25, -0.2) is 18.0 Å². The zero-order valence-corrected chi connectivity index (χ0v) is 22.7. The Kier molecular flexibility index (Phi) is 8.39. The Bertz CT molecular complexity index is 1480. The van der Waals surface area contributed by atoms with Gasteiger partial charge in [0.05, 0.1) is 17.3 Å². The van der Waals surface area contributed by atoms with Crippen LogP contribution in [-0.2, 0) is 9.36 Å². The summed E-state index contributed by atoms with van der Waals surface area (Å²) in [6.45, 7) is 2.28. The number of anilines is 2. The predicted octanol–water partition coefficient (Wildman–Crippen LogP) is 5.07. The molecule has 0 aliphatic carbocycles. The Morgan fingerprint density at radius 2 is 1.79 bits per heavy atom. The van der Waals surface area contributed by atoms with Crippen molar-refractivity contribution in [3.8, 4) is 11.1 Å². The van der Waals surface area contributed by atoms with Gasteiger partial charge in [-0.3, -0.25) is 4.79 Å². The van der Waals surface area contributed by atoms with Gasteiger partial charge < -0.3 is 25.2 Å². The van der Waals surface area contributed by atoms with Crippen LogP contribution in [0.2, 0.25) is 5.02 Å². The average Bonchev–Trinajstić information content (AvgIpc) is 3.20. The molecule has 1 aliphatic rings. The lowest BCUT2D eigenvalue weighted by Crippen LogP contribution is -2.38. The molecule has 2 atom stereocenters. The highest BCUT2D eigenvalue weighted by atomic mass is 35.5. The van der Waals surface area contributed by atoms with Crippen LogP contribution in [0.5, 0.6) is 0 Å². The molecule has 39 heavy (non-hydrogen) atoms. The highest BCUT2D eigenvalue weighted by Gasteiger charge is 2.42. The fraction of sp³-hybridized carbons (Fsp3) is 0.259. The van der Waals surface area contributed by atoms with Gasteiger partial charge in [0.25, 0.3) is 0 Å². The molecule has 7 nitrogen and oxygen atoms in total. The lowest BCUT2D eigenvalue weighted by molar-refractivity contribution is -0.121. The molecule has 3 N–H and O–H groups in total. The first kappa shape index (κ1) is 28.7. The standard InChI is InChI=1S/C27H26ClF3N3O4P/c1-39(2,38)23-6-4-3-5-17(23)18-8-10-22(25(31)24(18)30)34-13-15(14-35)19(26(34)36)12-32-27(37)33-21-9-7-16(28)11-20(21)29/h3-11,15,19,35H,12-14H2,1-2H3,(H2,32,33,37)/t15?,19-/m1/s1. The minimum Gasteiger partial charge on any atom is -0.396 e. The Hall–Kier alpha value is -3.33. The fourth-order valence-electron chi connectivity index (χ4n) is 4.60. The molecule has 3 aromatic rings. The van der Waals surface area contributed by atoms with Crippen LogP contribution in [0.1, 0.15) is 0 Å². The number of urea groups is 1. The van der Waals surface area contributed by atoms with Crippen molar-refractivity contribution < 1.29 is 32.4 Å². The molecule has 0 bridgehead atoms. The summed E-state index contributed by atoms with van der Waals surface area (Å²) in [5.41, 5.74) is -0.245. The van der Waals surface area contributed by atoms with E-state index in [1.54, 1.807) is 24.3 Å². The quantitative estimate of drug-likeness (QED) is 0.341. The largest absolute Gasteiger partial charge is 0.396 e. The number of amides is 3. The summed E-state index contributed by atoms with van der Waals surface area (Å²) < 4.78 is 57.4. The van der Waals surface area contributed by atoms with Gasteiger partial charge >= 0.3 is 6.03 Å². The summed E-state index contributed by atoms with van der Waals surface area (Å²) in [6.07, 6.45) is 0. The van der Waals surface area contributed by atoms with E-state index in [1.807, 2.05) is 0 Å². The summed E-state index contributed by atoms with van der Waals surface area (Å²) in [5, 5.41) is 15.2. The molecule has 0 aromatic heterocycles. The summed E-state index contributed by atoms with van der Waals surface area (Å²) in [5.74, 6) is -5.46. The number of nitrogens with zero attached hydrogens (tertiary/aromatic N) is 1. The van der Waals surface area contributed by atoms with Crippen molar-refractivity contribution in [3.63, 3.8) is 0 Å². The number of carbonyl (C=O) groups excluding carboxylic acids is 2. The second-order valence-corrected chi connectivity index (χ2v) is 13.2. The minimum atomic E-state index is -2.81. The van der Waals surface area contributed by atoms with Gasteiger partial charge in [-0.15, -0.1) is 0 Å². The molecule has 0 radical (unpaired) electrons. The van der Waals surface area contributed by atoms with Gasteiger partial charge in [-0.1, -0.05) is 35.9 Å². The number of aliphatic hydroxyl groups is 1. The maximum Gasteiger partial charge on any atom is 0.319 e. The van der Waals surface area contributed by atoms with Crippen molar-refractivity contribution in [2.75, 3.05) is 43.2 Å². The first-order chi connectivity index (χ1) is 18.4. The zero-order chi connectivity index (χ0) is 28.5. The summed E-state index contributed by atoms with van der Waals surface area (Å²) >= 11 is 5.70. The van der Waals surface area contributed by atoms with Crippen molar-refractivity contribution in [2.45, 2.75) is 0 Å².